The Balaban J connectivity index is 1.78. The Kier molecular flexibility index (Phi) is 5.26. The lowest BCUT2D eigenvalue weighted by atomic mass is 10.2. The van der Waals surface area contributed by atoms with Crippen molar-refractivity contribution < 1.29 is 14.3 Å². The summed E-state index contributed by atoms with van der Waals surface area (Å²) in [7, 11) is 0. The summed E-state index contributed by atoms with van der Waals surface area (Å²) in [6, 6.07) is 20.0. The van der Waals surface area contributed by atoms with Crippen molar-refractivity contribution in [1.82, 2.24) is 4.98 Å². The number of hydrogen-bond acceptors (Lipinski definition) is 4. The van der Waals surface area contributed by atoms with Crippen LogP contribution in [-0.4, -0.2) is 17.5 Å². The van der Waals surface area contributed by atoms with Crippen molar-refractivity contribution in [2.75, 3.05) is 11.9 Å². The summed E-state index contributed by atoms with van der Waals surface area (Å²) in [6.45, 7) is 2.36. The van der Waals surface area contributed by atoms with E-state index in [2.05, 4.69) is 10.3 Å². The highest BCUT2D eigenvalue weighted by Crippen LogP contribution is 2.29. The van der Waals surface area contributed by atoms with Gasteiger partial charge in [0.05, 0.1) is 12.3 Å². The lowest BCUT2D eigenvalue weighted by Gasteiger charge is -2.12. The SMILES string of the molecule is CCOc1cc(C(=O)Nc2ccccc2Oc2ccccc2)ccn1. The average molecular weight is 334 g/mol. The van der Waals surface area contributed by atoms with Crippen LogP contribution in [0.3, 0.4) is 0 Å². The van der Waals surface area contributed by atoms with Crippen LogP contribution in [-0.2, 0) is 0 Å². The number of para-hydroxylation sites is 3. The first kappa shape index (κ1) is 16.5. The lowest BCUT2D eigenvalue weighted by molar-refractivity contribution is 0.102. The summed E-state index contributed by atoms with van der Waals surface area (Å²) in [5, 5.41) is 2.87. The molecule has 0 aliphatic heterocycles. The van der Waals surface area contributed by atoms with Crippen LogP contribution in [0.5, 0.6) is 17.4 Å². The second-order valence-electron chi connectivity index (χ2n) is 5.18. The number of nitrogens with one attached hydrogen (secondary N) is 1. The Bertz CT molecular complexity index is 850. The van der Waals surface area contributed by atoms with Gasteiger partial charge < -0.3 is 14.8 Å². The molecule has 0 spiro atoms. The molecule has 0 fully saturated rings. The molecule has 0 aliphatic rings. The Morgan fingerprint density at radius 1 is 1.04 bits per heavy atom. The lowest BCUT2D eigenvalue weighted by Crippen LogP contribution is -2.13. The van der Waals surface area contributed by atoms with Gasteiger partial charge in [-0.1, -0.05) is 30.3 Å². The Hall–Kier alpha value is -3.34. The molecule has 126 valence electrons. The smallest absolute Gasteiger partial charge is 0.256 e. The Morgan fingerprint density at radius 3 is 2.60 bits per heavy atom. The Morgan fingerprint density at radius 2 is 1.80 bits per heavy atom. The maximum absolute atomic E-state index is 12.5. The van der Waals surface area contributed by atoms with E-state index in [1.54, 1.807) is 30.5 Å². The van der Waals surface area contributed by atoms with Crippen LogP contribution in [0.4, 0.5) is 5.69 Å². The normalized spacial score (nSPS) is 10.1. The van der Waals surface area contributed by atoms with Crippen LogP contribution in [0.2, 0.25) is 0 Å². The zero-order valence-electron chi connectivity index (χ0n) is 13.8. The third kappa shape index (κ3) is 4.35. The fourth-order valence-corrected chi connectivity index (χ4v) is 2.25. The van der Waals surface area contributed by atoms with Crippen molar-refractivity contribution in [1.29, 1.82) is 0 Å². The minimum Gasteiger partial charge on any atom is -0.478 e. The number of hydrogen-bond donors (Lipinski definition) is 1. The second kappa shape index (κ2) is 7.97. The molecule has 0 radical (unpaired) electrons. The topological polar surface area (TPSA) is 60.5 Å². The average Bonchev–Trinajstić information content (AvgIpc) is 2.65. The van der Waals surface area contributed by atoms with Gasteiger partial charge in [-0.15, -0.1) is 0 Å². The molecule has 3 aromatic rings. The number of carbonyl (C=O) groups is 1. The number of amides is 1. The zero-order chi connectivity index (χ0) is 17.5. The van der Waals surface area contributed by atoms with E-state index in [-0.39, 0.29) is 5.91 Å². The van der Waals surface area contributed by atoms with Gasteiger partial charge in [0, 0.05) is 17.8 Å². The van der Waals surface area contributed by atoms with Crippen LogP contribution in [0.15, 0.2) is 72.9 Å². The number of carbonyl (C=O) groups excluding carboxylic acids is 1. The number of pyridine rings is 1. The molecule has 0 atom stereocenters. The first-order valence-electron chi connectivity index (χ1n) is 7.98. The van der Waals surface area contributed by atoms with E-state index in [0.717, 1.165) is 0 Å². The molecule has 3 rings (SSSR count). The molecule has 5 heteroatoms. The molecule has 0 bridgehead atoms. The minimum atomic E-state index is -0.257. The monoisotopic (exact) mass is 334 g/mol. The van der Waals surface area contributed by atoms with Gasteiger partial charge in [0.25, 0.3) is 5.91 Å². The molecule has 2 aromatic carbocycles. The zero-order valence-corrected chi connectivity index (χ0v) is 13.8. The molecule has 0 unspecified atom stereocenters. The van der Waals surface area contributed by atoms with Crippen molar-refractivity contribution in [3.8, 4) is 17.4 Å². The maximum Gasteiger partial charge on any atom is 0.256 e. The summed E-state index contributed by atoms with van der Waals surface area (Å²) >= 11 is 0. The van der Waals surface area contributed by atoms with Crippen molar-refractivity contribution >= 4 is 11.6 Å². The molecule has 1 heterocycles. The molecule has 1 aromatic heterocycles. The van der Waals surface area contributed by atoms with Gasteiger partial charge in [0.2, 0.25) is 5.88 Å². The van der Waals surface area contributed by atoms with Gasteiger partial charge in [-0.2, -0.15) is 0 Å². The fourth-order valence-electron chi connectivity index (χ4n) is 2.25. The summed E-state index contributed by atoms with van der Waals surface area (Å²) in [5.74, 6) is 1.43. The maximum atomic E-state index is 12.5. The van der Waals surface area contributed by atoms with Crippen molar-refractivity contribution in [2.24, 2.45) is 0 Å². The largest absolute Gasteiger partial charge is 0.478 e. The molecule has 25 heavy (non-hydrogen) atoms. The standard InChI is InChI=1S/C20H18N2O3/c1-2-24-19-14-15(12-13-21-19)20(23)22-17-10-6-7-11-18(17)25-16-8-4-3-5-9-16/h3-14H,2H2,1H3,(H,22,23). The third-order valence-corrected chi connectivity index (χ3v) is 3.40. The summed E-state index contributed by atoms with van der Waals surface area (Å²) in [4.78, 5) is 16.6. The molecule has 0 saturated heterocycles. The van der Waals surface area contributed by atoms with Gasteiger partial charge in [0.15, 0.2) is 5.75 Å². The summed E-state index contributed by atoms with van der Waals surface area (Å²) < 4.78 is 11.2. The number of ether oxygens (including phenoxy) is 2. The van der Waals surface area contributed by atoms with Crippen molar-refractivity contribution in [3.63, 3.8) is 0 Å². The Labute approximate surface area is 146 Å². The quantitative estimate of drug-likeness (QED) is 0.720. The molecule has 5 nitrogen and oxygen atoms in total. The summed E-state index contributed by atoms with van der Waals surface area (Å²) in [5.41, 5.74) is 1.05. The first-order valence-corrected chi connectivity index (χ1v) is 7.98. The van der Waals surface area contributed by atoms with E-state index >= 15 is 0 Å². The fraction of sp³-hybridized carbons (Fsp3) is 0.100. The second-order valence-corrected chi connectivity index (χ2v) is 5.18. The molecule has 1 amide bonds. The highest BCUT2D eigenvalue weighted by atomic mass is 16.5. The van der Waals surface area contributed by atoms with Gasteiger partial charge in [-0.25, -0.2) is 4.98 Å². The number of benzene rings is 2. The first-order chi connectivity index (χ1) is 12.3. The van der Waals surface area contributed by atoms with Gasteiger partial charge in [-0.3, -0.25) is 4.79 Å². The molecular formula is C20H18N2O3. The predicted octanol–water partition coefficient (Wildman–Crippen LogP) is 4.52. The number of rotatable bonds is 6. The highest BCUT2D eigenvalue weighted by molar-refractivity contribution is 6.05. The molecule has 1 N–H and O–H groups in total. The van der Waals surface area contributed by atoms with Gasteiger partial charge in [0.1, 0.15) is 5.75 Å². The van der Waals surface area contributed by atoms with E-state index in [0.29, 0.717) is 35.2 Å². The van der Waals surface area contributed by atoms with Crippen LogP contribution >= 0.6 is 0 Å². The number of nitrogens with zero attached hydrogens (tertiary/aromatic N) is 1. The number of anilines is 1. The van der Waals surface area contributed by atoms with Crippen LogP contribution in [0, 0.1) is 0 Å². The van der Waals surface area contributed by atoms with E-state index in [9.17, 15) is 4.79 Å². The van der Waals surface area contributed by atoms with Crippen LogP contribution in [0.25, 0.3) is 0 Å². The van der Waals surface area contributed by atoms with E-state index in [1.165, 1.54) is 0 Å². The van der Waals surface area contributed by atoms with E-state index < -0.39 is 0 Å². The van der Waals surface area contributed by atoms with Crippen molar-refractivity contribution in [3.05, 3.63) is 78.5 Å². The highest BCUT2D eigenvalue weighted by Gasteiger charge is 2.11. The van der Waals surface area contributed by atoms with Crippen LogP contribution in [0.1, 0.15) is 17.3 Å². The number of aromatic nitrogens is 1. The molecule has 0 saturated carbocycles. The predicted molar refractivity (Wildman–Crippen MR) is 96.3 cm³/mol. The van der Waals surface area contributed by atoms with E-state index in [1.807, 2.05) is 49.4 Å². The molecular weight excluding hydrogens is 316 g/mol. The van der Waals surface area contributed by atoms with Gasteiger partial charge in [-0.05, 0) is 37.3 Å². The van der Waals surface area contributed by atoms with E-state index in [4.69, 9.17) is 9.47 Å². The third-order valence-electron chi connectivity index (χ3n) is 3.40. The minimum absolute atomic E-state index is 0.257. The molecule has 0 aliphatic carbocycles. The van der Waals surface area contributed by atoms with Crippen molar-refractivity contribution in [2.45, 2.75) is 6.92 Å². The van der Waals surface area contributed by atoms with Crippen LogP contribution < -0.4 is 14.8 Å². The summed E-state index contributed by atoms with van der Waals surface area (Å²) in [6.07, 6.45) is 1.55. The van der Waals surface area contributed by atoms with Gasteiger partial charge >= 0.3 is 0 Å².